The number of hydrogen-bond donors (Lipinski definition) is 1. The first-order valence-corrected chi connectivity index (χ1v) is 10.2. The molecule has 9 nitrogen and oxygen atoms in total. The molecule has 0 bridgehead atoms. The van der Waals surface area contributed by atoms with Crippen LogP contribution >= 0.6 is 0 Å². The molecule has 0 spiro atoms. The SMILES string of the molecule is COc1ccc(-c2noc(-c3cccn(CC(=O)Nc4ccc(C)c(F)c4)c3=O)n2)cc1OC. The van der Waals surface area contributed by atoms with Gasteiger partial charge in [-0.3, -0.25) is 9.59 Å². The van der Waals surface area contributed by atoms with E-state index in [9.17, 15) is 14.0 Å². The zero-order chi connectivity index (χ0) is 24.2. The molecule has 4 rings (SSSR count). The molecule has 0 unspecified atom stereocenters. The molecule has 1 amide bonds. The highest BCUT2D eigenvalue weighted by Crippen LogP contribution is 2.31. The van der Waals surface area contributed by atoms with Gasteiger partial charge in [0.1, 0.15) is 17.9 Å². The molecule has 2 aromatic carbocycles. The predicted octanol–water partition coefficient (Wildman–Crippen LogP) is 3.67. The van der Waals surface area contributed by atoms with Crippen LogP contribution in [0.25, 0.3) is 22.8 Å². The summed E-state index contributed by atoms with van der Waals surface area (Å²) in [6.07, 6.45) is 1.47. The van der Waals surface area contributed by atoms with Gasteiger partial charge in [0.05, 0.1) is 14.2 Å². The van der Waals surface area contributed by atoms with E-state index in [2.05, 4.69) is 15.5 Å². The van der Waals surface area contributed by atoms with Crippen LogP contribution < -0.4 is 20.3 Å². The molecular formula is C24H21FN4O5. The van der Waals surface area contributed by atoms with E-state index in [0.29, 0.717) is 28.3 Å². The fraction of sp³-hybridized carbons (Fsp3) is 0.167. The summed E-state index contributed by atoms with van der Waals surface area (Å²) in [4.78, 5) is 29.7. The van der Waals surface area contributed by atoms with Crippen molar-refractivity contribution in [2.24, 2.45) is 0 Å². The molecule has 1 N–H and O–H groups in total. The number of methoxy groups -OCH3 is 2. The number of nitrogens with zero attached hydrogens (tertiary/aromatic N) is 3. The van der Waals surface area contributed by atoms with E-state index in [1.807, 2.05) is 0 Å². The van der Waals surface area contributed by atoms with E-state index in [4.69, 9.17) is 14.0 Å². The van der Waals surface area contributed by atoms with Crippen LogP contribution in [0.4, 0.5) is 10.1 Å². The molecule has 2 aromatic heterocycles. The maximum atomic E-state index is 13.7. The molecule has 0 aliphatic carbocycles. The highest BCUT2D eigenvalue weighted by molar-refractivity contribution is 5.90. The monoisotopic (exact) mass is 464 g/mol. The lowest BCUT2D eigenvalue weighted by molar-refractivity contribution is -0.116. The van der Waals surface area contributed by atoms with E-state index < -0.39 is 17.3 Å². The van der Waals surface area contributed by atoms with Crippen molar-refractivity contribution in [1.82, 2.24) is 14.7 Å². The van der Waals surface area contributed by atoms with Crippen LogP contribution in [-0.2, 0) is 11.3 Å². The van der Waals surface area contributed by atoms with Crippen LogP contribution in [0.1, 0.15) is 5.56 Å². The lowest BCUT2D eigenvalue weighted by Gasteiger charge is -2.09. The molecule has 0 radical (unpaired) electrons. The van der Waals surface area contributed by atoms with E-state index in [1.54, 1.807) is 43.3 Å². The van der Waals surface area contributed by atoms with Crippen molar-refractivity contribution in [1.29, 1.82) is 0 Å². The Kier molecular flexibility index (Phi) is 6.39. The van der Waals surface area contributed by atoms with E-state index >= 15 is 0 Å². The summed E-state index contributed by atoms with van der Waals surface area (Å²) in [6, 6.07) is 12.6. The van der Waals surface area contributed by atoms with Crippen LogP contribution in [0.2, 0.25) is 0 Å². The van der Waals surface area contributed by atoms with Gasteiger partial charge < -0.3 is 23.9 Å². The van der Waals surface area contributed by atoms with Gasteiger partial charge in [0.2, 0.25) is 11.7 Å². The average Bonchev–Trinajstić information content (AvgIpc) is 3.32. The number of rotatable bonds is 7. The summed E-state index contributed by atoms with van der Waals surface area (Å²) in [5, 5.41) is 6.53. The van der Waals surface area contributed by atoms with Crippen LogP contribution in [0.15, 0.2) is 64.0 Å². The molecule has 0 aliphatic rings. The molecule has 0 saturated heterocycles. The molecule has 10 heteroatoms. The maximum Gasteiger partial charge on any atom is 0.263 e. The Labute approximate surface area is 193 Å². The third-order valence-electron chi connectivity index (χ3n) is 5.09. The van der Waals surface area contributed by atoms with E-state index in [-0.39, 0.29) is 23.8 Å². The van der Waals surface area contributed by atoms with Crippen LogP contribution in [0.5, 0.6) is 11.5 Å². The lowest BCUT2D eigenvalue weighted by atomic mass is 10.2. The van der Waals surface area contributed by atoms with Gasteiger partial charge in [-0.1, -0.05) is 11.2 Å². The Balaban J connectivity index is 1.55. The number of carbonyl (C=O) groups is 1. The van der Waals surface area contributed by atoms with Gasteiger partial charge in [0, 0.05) is 17.4 Å². The number of pyridine rings is 1. The molecule has 2 heterocycles. The number of carbonyl (C=O) groups excluding carboxylic acids is 1. The molecule has 0 saturated carbocycles. The molecule has 0 aliphatic heterocycles. The van der Waals surface area contributed by atoms with Gasteiger partial charge in [-0.25, -0.2) is 4.39 Å². The highest BCUT2D eigenvalue weighted by Gasteiger charge is 2.17. The van der Waals surface area contributed by atoms with Crippen LogP contribution in [-0.4, -0.2) is 34.8 Å². The molecule has 0 fully saturated rings. The van der Waals surface area contributed by atoms with E-state index in [1.165, 1.54) is 37.1 Å². The zero-order valence-corrected chi connectivity index (χ0v) is 18.7. The lowest BCUT2D eigenvalue weighted by Crippen LogP contribution is -2.28. The summed E-state index contributed by atoms with van der Waals surface area (Å²) in [7, 11) is 3.05. The standard InChI is InChI=1S/C24H21FN4O5/c1-14-6-8-16(12-18(14)25)26-21(30)13-29-10-4-5-17(24(29)31)23-27-22(28-34-23)15-7-9-19(32-2)20(11-15)33-3/h4-12H,13H2,1-3H3,(H,26,30). The minimum Gasteiger partial charge on any atom is -0.493 e. The maximum absolute atomic E-state index is 13.7. The van der Waals surface area contributed by atoms with Crippen molar-refractivity contribution in [3.8, 4) is 34.3 Å². The fourth-order valence-electron chi connectivity index (χ4n) is 3.28. The first-order chi connectivity index (χ1) is 16.4. The Morgan fingerprint density at radius 3 is 2.65 bits per heavy atom. The Hall–Kier alpha value is -4.47. The third-order valence-corrected chi connectivity index (χ3v) is 5.09. The topological polar surface area (TPSA) is 108 Å². The van der Waals surface area contributed by atoms with Crippen molar-refractivity contribution >= 4 is 11.6 Å². The molecule has 0 atom stereocenters. The number of amides is 1. The van der Waals surface area contributed by atoms with Crippen molar-refractivity contribution in [3.63, 3.8) is 0 Å². The summed E-state index contributed by atoms with van der Waals surface area (Å²) in [5.74, 6) is 0.383. The second kappa shape index (κ2) is 9.57. The van der Waals surface area contributed by atoms with Gasteiger partial charge in [-0.2, -0.15) is 4.98 Å². The van der Waals surface area contributed by atoms with Crippen molar-refractivity contribution < 1.29 is 23.2 Å². The van der Waals surface area contributed by atoms with E-state index in [0.717, 1.165) is 0 Å². The fourth-order valence-corrected chi connectivity index (χ4v) is 3.28. The molecule has 174 valence electrons. The number of benzene rings is 2. The quantitative estimate of drug-likeness (QED) is 0.445. The smallest absolute Gasteiger partial charge is 0.263 e. The van der Waals surface area contributed by atoms with Gasteiger partial charge in [-0.05, 0) is 55.0 Å². The minimum absolute atomic E-state index is 0.00477. The van der Waals surface area contributed by atoms with Gasteiger partial charge in [0.25, 0.3) is 11.4 Å². The number of ether oxygens (including phenoxy) is 2. The highest BCUT2D eigenvalue weighted by atomic mass is 19.1. The number of anilines is 1. The largest absolute Gasteiger partial charge is 0.493 e. The number of aromatic nitrogens is 3. The van der Waals surface area contributed by atoms with Crippen LogP contribution in [0, 0.1) is 12.7 Å². The van der Waals surface area contributed by atoms with Gasteiger partial charge >= 0.3 is 0 Å². The number of aryl methyl sites for hydroxylation is 1. The van der Waals surface area contributed by atoms with Gasteiger partial charge in [-0.15, -0.1) is 0 Å². The Morgan fingerprint density at radius 2 is 1.91 bits per heavy atom. The third kappa shape index (κ3) is 4.65. The number of halogens is 1. The average molecular weight is 464 g/mol. The molecule has 4 aromatic rings. The second-order valence-electron chi connectivity index (χ2n) is 7.36. The predicted molar refractivity (Wildman–Crippen MR) is 122 cm³/mol. The normalized spacial score (nSPS) is 10.7. The zero-order valence-electron chi connectivity index (χ0n) is 18.7. The van der Waals surface area contributed by atoms with Gasteiger partial charge in [0.15, 0.2) is 11.5 Å². The first-order valence-electron chi connectivity index (χ1n) is 10.2. The minimum atomic E-state index is -0.491. The van der Waals surface area contributed by atoms with Crippen molar-refractivity contribution in [2.75, 3.05) is 19.5 Å². The first kappa shape index (κ1) is 22.7. The summed E-state index contributed by atoms with van der Waals surface area (Å²) in [5.41, 5.74) is 1.02. The Morgan fingerprint density at radius 1 is 1.12 bits per heavy atom. The number of nitrogens with one attached hydrogen (secondary N) is 1. The molecule has 34 heavy (non-hydrogen) atoms. The summed E-state index contributed by atoms with van der Waals surface area (Å²) in [6.45, 7) is 1.35. The summed E-state index contributed by atoms with van der Waals surface area (Å²) < 4.78 is 30.8. The number of hydrogen-bond acceptors (Lipinski definition) is 7. The molecular weight excluding hydrogens is 443 g/mol. The second-order valence-corrected chi connectivity index (χ2v) is 7.36. The van der Waals surface area contributed by atoms with Crippen molar-refractivity contribution in [2.45, 2.75) is 13.5 Å². The summed E-state index contributed by atoms with van der Waals surface area (Å²) >= 11 is 0. The Bertz CT molecular complexity index is 1410. The van der Waals surface area contributed by atoms with Crippen LogP contribution in [0.3, 0.4) is 0 Å². The van der Waals surface area contributed by atoms with Crippen molar-refractivity contribution in [3.05, 3.63) is 76.5 Å².